The van der Waals surface area contributed by atoms with Crippen LogP contribution in [0.25, 0.3) is 0 Å². The van der Waals surface area contributed by atoms with E-state index in [0.29, 0.717) is 0 Å². The summed E-state index contributed by atoms with van der Waals surface area (Å²) >= 11 is 4.25. The number of halogens is 1. The second kappa shape index (κ2) is 10.9. The van der Waals surface area contributed by atoms with E-state index in [0.717, 1.165) is 13.2 Å². The van der Waals surface area contributed by atoms with Gasteiger partial charge in [0.25, 0.3) is 0 Å². The molecule has 1 saturated heterocycles. The van der Waals surface area contributed by atoms with Crippen LogP contribution in [0.15, 0.2) is 12.5 Å². The predicted molar refractivity (Wildman–Crippen MR) is 59.0 cm³/mol. The molecule has 1 heterocycles. The quantitative estimate of drug-likeness (QED) is 0.546. The average Bonchev–Trinajstić information content (AvgIpc) is 2.59. The topological polar surface area (TPSA) is 41.5 Å². The number of rotatable bonds is 1. The standard InChI is InChI=1S/C6H12O2.C4H8O.BrH.Zn/c1-5(7)8-6(2,3)4;1-2-4-5-3-1;;/h7H,1H2,2-4H3;1-4H2;1H;/q;;;+2/p-2. The summed E-state index contributed by atoms with van der Waals surface area (Å²) in [6, 6.07) is 0. The van der Waals surface area contributed by atoms with Gasteiger partial charge in [-0.05, 0) is 12.8 Å². The van der Waals surface area contributed by atoms with Gasteiger partial charge in [0.05, 0.1) is 0 Å². The molecule has 1 aliphatic heterocycles. The summed E-state index contributed by atoms with van der Waals surface area (Å²) in [4.78, 5) is 0. The van der Waals surface area contributed by atoms with E-state index in [2.05, 4.69) is 24.9 Å². The third-order valence-electron chi connectivity index (χ3n) is 1.25. The molecule has 0 unspecified atom stereocenters. The van der Waals surface area contributed by atoms with Crippen molar-refractivity contribution in [2.45, 2.75) is 39.2 Å². The second-order valence-electron chi connectivity index (χ2n) is 3.91. The van der Waals surface area contributed by atoms with Gasteiger partial charge in [0.2, 0.25) is 0 Å². The van der Waals surface area contributed by atoms with E-state index < -0.39 is 11.5 Å². The van der Waals surface area contributed by atoms with Gasteiger partial charge >= 0.3 is 30.0 Å². The zero-order valence-corrected chi connectivity index (χ0v) is 14.4. The van der Waals surface area contributed by atoms with Crippen LogP contribution >= 0.6 is 13.6 Å². The summed E-state index contributed by atoms with van der Waals surface area (Å²) in [5.74, 6) is -0.475. The maximum absolute atomic E-state index is 10.1. The van der Waals surface area contributed by atoms with Gasteiger partial charge < -0.3 is 14.6 Å². The minimum absolute atomic E-state index is 0.390. The number of hydrogen-bond donors (Lipinski definition) is 0. The molecule has 3 nitrogen and oxygen atoms in total. The third-order valence-corrected chi connectivity index (χ3v) is 1.25. The molecular formula is C10H19BrO3Zn. The molecular weight excluding hydrogens is 313 g/mol. The monoisotopic (exact) mass is 330 g/mol. The summed E-state index contributed by atoms with van der Waals surface area (Å²) < 4.78 is 9.63. The fourth-order valence-electron chi connectivity index (χ4n) is 0.852. The molecule has 0 saturated carbocycles. The van der Waals surface area contributed by atoms with E-state index in [4.69, 9.17) is 4.74 Å². The van der Waals surface area contributed by atoms with Gasteiger partial charge in [0, 0.05) is 24.8 Å². The molecule has 1 rings (SSSR count). The summed E-state index contributed by atoms with van der Waals surface area (Å²) in [6.45, 7) is 10.5. The molecule has 0 aromatic heterocycles. The Morgan fingerprint density at radius 1 is 1.33 bits per heavy atom. The molecule has 0 amide bonds. The van der Waals surface area contributed by atoms with Crippen LogP contribution in [0.1, 0.15) is 33.6 Å². The fourth-order valence-corrected chi connectivity index (χ4v) is 0.852. The molecule has 86 valence electrons. The van der Waals surface area contributed by atoms with Crippen molar-refractivity contribution in [3.05, 3.63) is 12.5 Å². The Balaban J connectivity index is 0. The molecule has 5 heteroatoms. The molecule has 0 aliphatic carbocycles. The SMILES string of the molecule is C1CCOC1.C=C([O-])OC(C)(C)C.[Zn+][Br]. The van der Waals surface area contributed by atoms with Gasteiger partial charge in [-0.3, -0.25) is 0 Å². The van der Waals surface area contributed by atoms with Crippen LogP contribution < -0.4 is 5.11 Å². The summed E-state index contributed by atoms with van der Waals surface area (Å²) in [5.41, 5.74) is -0.390. The van der Waals surface area contributed by atoms with Crippen LogP contribution in [-0.4, -0.2) is 18.8 Å². The molecule has 0 radical (unpaired) electrons. The third kappa shape index (κ3) is 20.5. The fraction of sp³-hybridized carbons (Fsp3) is 0.800. The molecule has 0 aromatic rings. The van der Waals surface area contributed by atoms with Gasteiger partial charge in [-0.15, -0.1) is 0 Å². The second-order valence-corrected chi connectivity index (χ2v) is 3.91. The van der Waals surface area contributed by atoms with Crippen molar-refractivity contribution in [2.75, 3.05) is 13.2 Å². The van der Waals surface area contributed by atoms with Crippen molar-refractivity contribution >= 4 is 13.6 Å². The van der Waals surface area contributed by atoms with Crippen LogP contribution in [0.4, 0.5) is 0 Å². The summed E-state index contributed by atoms with van der Waals surface area (Å²) in [6.07, 6.45) is 2.56. The molecule has 0 N–H and O–H groups in total. The van der Waals surface area contributed by atoms with Gasteiger partial charge in [-0.1, -0.05) is 27.4 Å². The Labute approximate surface area is 109 Å². The van der Waals surface area contributed by atoms with Crippen LogP contribution in [0.3, 0.4) is 0 Å². The summed E-state index contributed by atoms with van der Waals surface area (Å²) in [7, 11) is 0. The Morgan fingerprint density at radius 3 is 1.80 bits per heavy atom. The summed E-state index contributed by atoms with van der Waals surface area (Å²) in [5, 5.41) is 10.1. The number of ether oxygens (including phenoxy) is 2. The molecule has 0 atom stereocenters. The van der Waals surface area contributed by atoms with E-state index in [-0.39, 0.29) is 0 Å². The van der Waals surface area contributed by atoms with Gasteiger partial charge in [0.1, 0.15) is 0 Å². The first-order valence-electron chi connectivity index (χ1n) is 4.81. The molecule has 0 aromatic carbocycles. The van der Waals surface area contributed by atoms with Crippen molar-refractivity contribution in [1.82, 2.24) is 0 Å². The Kier molecular flexibility index (Phi) is 12.9. The molecule has 1 aliphatic rings. The van der Waals surface area contributed by atoms with Crippen molar-refractivity contribution in [2.24, 2.45) is 0 Å². The maximum atomic E-state index is 10.1. The minimum atomic E-state index is -0.475. The van der Waals surface area contributed by atoms with Crippen LogP contribution in [0.2, 0.25) is 0 Å². The van der Waals surface area contributed by atoms with Crippen molar-refractivity contribution in [3.63, 3.8) is 0 Å². The van der Waals surface area contributed by atoms with Crippen LogP contribution in [0.5, 0.6) is 0 Å². The average molecular weight is 333 g/mol. The first kappa shape index (κ1) is 17.8. The Morgan fingerprint density at radius 2 is 1.73 bits per heavy atom. The zero-order chi connectivity index (χ0) is 12.3. The van der Waals surface area contributed by atoms with E-state index in [1.54, 1.807) is 20.8 Å². The van der Waals surface area contributed by atoms with E-state index in [1.165, 1.54) is 29.2 Å². The predicted octanol–water partition coefficient (Wildman–Crippen LogP) is 2.27. The molecule has 1 fully saturated rings. The molecule has 0 bridgehead atoms. The molecule has 15 heavy (non-hydrogen) atoms. The van der Waals surface area contributed by atoms with Crippen molar-refractivity contribution in [3.8, 4) is 0 Å². The van der Waals surface area contributed by atoms with Crippen molar-refractivity contribution in [1.29, 1.82) is 0 Å². The van der Waals surface area contributed by atoms with Gasteiger partial charge in [0.15, 0.2) is 0 Å². The van der Waals surface area contributed by atoms with Crippen LogP contribution in [-0.2, 0) is 25.8 Å². The zero-order valence-electron chi connectivity index (χ0n) is 9.85. The van der Waals surface area contributed by atoms with Crippen LogP contribution in [0, 0.1) is 0 Å². The van der Waals surface area contributed by atoms with Gasteiger partial charge in [-0.25, -0.2) is 0 Å². The number of hydrogen-bond acceptors (Lipinski definition) is 3. The van der Waals surface area contributed by atoms with E-state index >= 15 is 0 Å². The first-order valence-corrected chi connectivity index (χ1v) is 11.8. The van der Waals surface area contributed by atoms with E-state index in [1.807, 2.05) is 0 Å². The molecule has 0 spiro atoms. The van der Waals surface area contributed by atoms with Crippen molar-refractivity contribution < 1.29 is 30.9 Å². The normalized spacial score (nSPS) is 14.3. The first-order chi connectivity index (χ1) is 6.92. The van der Waals surface area contributed by atoms with Gasteiger partial charge in [-0.2, -0.15) is 0 Å². The van der Waals surface area contributed by atoms with E-state index in [9.17, 15) is 5.11 Å². The Bertz CT molecular complexity index is 146. The Hall–Kier alpha value is 0.403.